The zero-order valence-electron chi connectivity index (χ0n) is 9.66. The molecule has 1 aromatic carbocycles. The van der Waals surface area contributed by atoms with Crippen molar-refractivity contribution in [3.05, 3.63) is 28.2 Å². The van der Waals surface area contributed by atoms with Gasteiger partial charge in [0.1, 0.15) is 12.6 Å². The highest BCUT2D eigenvalue weighted by Gasteiger charge is 2.31. The Morgan fingerprint density at radius 2 is 2.12 bits per heavy atom. The van der Waals surface area contributed by atoms with Crippen molar-refractivity contribution in [2.45, 2.75) is 19.9 Å². The summed E-state index contributed by atoms with van der Waals surface area (Å²) >= 11 is 3.42. The molecule has 17 heavy (non-hydrogen) atoms. The van der Waals surface area contributed by atoms with Crippen LogP contribution in [-0.4, -0.2) is 24.4 Å². The van der Waals surface area contributed by atoms with E-state index in [1.165, 1.54) is 4.90 Å². The summed E-state index contributed by atoms with van der Waals surface area (Å²) < 4.78 is 0.827. The molecule has 2 amide bonds. The van der Waals surface area contributed by atoms with Gasteiger partial charge >= 0.3 is 0 Å². The van der Waals surface area contributed by atoms with Crippen LogP contribution in [0.1, 0.15) is 12.5 Å². The molecule has 1 aromatic rings. The summed E-state index contributed by atoms with van der Waals surface area (Å²) in [5.41, 5.74) is 1.84. The molecule has 0 bridgehead atoms. The summed E-state index contributed by atoms with van der Waals surface area (Å²) in [7, 11) is 0. The van der Waals surface area contributed by atoms with Crippen LogP contribution < -0.4 is 10.2 Å². The first-order valence-corrected chi connectivity index (χ1v) is 6.15. The van der Waals surface area contributed by atoms with Crippen molar-refractivity contribution in [1.29, 1.82) is 0 Å². The second-order valence-corrected chi connectivity index (χ2v) is 5.02. The summed E-state index contributed by atoms with van der Waals surface area (Å²) in [4.78, 5) is 25.0. The summed E-state index contributed by atoms with van der Waals surface area (Å²) in [5.74, 6) is -0.223. The fourth-order valence-corrected chi connectivity index (χ4v) is 2.55. The number of aryl methyl sites for hydroxylation is 1. The van der Waals surface area contributed by atoms with E-state index in [1.54, 1.807) is 6.92 Å². The van der Waals surface area contributed by atoms with Crippen LogP contribution in [0.3, 0.4) is 0 Å². The van der Waals surface area contributed by atoms with Crippen LogP contribution in [0.4, 0.5) is 5.69 Å². The number of hydrogen-bond donors (Lipinski definition) is 1. The van der Waals surface area contributed by atoms with Crippen LogP contribution in [-0.2, 0) is 9.59 Å². The minimum absolute atomic E-state index is 0.0742. The van der Waals surface area contributed by atoms with Crippen LogP contribution >= 0.6 is 15.9 Å². The molecule has 1 atom stereocenters. The molecule has 1 N–H and O–H groups in total. The molecule has 0 aliphatic carbocycles. The molecule has 1 heterocycles. The van der Waals surface area contributed by atoms with Gasteiger partial charge in [0.15, 0.2) is 0 Å². The highest BCUT2D eigenvalue weighted by molar-refractivity contribution is 9.10. The first-order chi connectivity index (χ1) is 7.99. The van der Waals surface area contributed by atoms with Gasteiger partial charge in [0.05, 0.1) is 5.69 Å². The lowest BCUT2D eigenvalue weighted by molar-refractivity contribution is -0.130. The summed E-state index contributed by atoms with van der Waals surface area (Å²) in [6.45, 7) is 3.74. The number of carbonyl (C=O) groups excluding carboxylic acids is 2. The molecule has 0 saturated carbocycles. The third kappa shape index (κ3) is 2.34. The van der Waals surface area contributed by atoms with Crippen molar-refractivity contribution in [2.75, 3.05) is 11.4 Å². The predicted octanol–water partition coefficient (Wildman–Crippen LogP) is 1.61. The van der Waals surface area contributed by atoms with Gasteiger partial charge in [-0.2, -0.15) is 0 Å². The number of halogens is 1. The van der Waals surface area contributed by atoms with E-state index in [0.29, 0.717) is 0 Å². The third-order valence-electron chi connectivity index (χ3n) is 2.71. The molecule has 5 heteroatoms. The molecule has 1 aliphatic rings. The van der Waals surface area contributed by atoms with Crippen molar-refractivity contribution >= 4 is 33.4 Å². The highest BCUT2D eigenvalue weighted by atomic mass is 79.9. The lowest BCUT2D eigenvalue weighted by Gasteiger charge is -2.31. The van der Waals surface area contributed by atoms with Gasteiger partial charge < -0.3 is 10.2 Å². The minimum atomic E-state index is -0.468. The molecule has 2 rings (SSSR count). The SMILES string of the molecule is Cc1ccc(N2CC(=O)NC(C)C2=O)c(Br)c1. The zero-order valence-corrected chi connectivity index (χ0v) is 11.2. The van der Waals surface area contributed by atoms with E-state index in [9.17, 15) is 9.59 Å². The van der Waals surface area contributed by atoms with Crippen molar-refractivity contribution in [1.82, 2.24) is 5.32 Å². The Kier molecular flexibility index (Phi) is 3.19. The highest BCUT2D eigenvalue weighted by Crippen LogP contribution is 2.28. The van der Waals surface area contributed by atoms with E-state index < -0.39 is 6.04 Å². The number of anilines is 1. The molecule has 1 aliphatic heterocycles. The standard InChI is InChI=1S/C12H13BrN2O2/c1-7-3-4-10(9(13)5-7)15-6-11(16)14-8(2)12(15)17/h3-5,8H,6H2,1-2H3,(H,14,16). The number of piperazine rings is 1. The maximum Gasteiger partial charge on any atom is 0.249 e. The zero-order chi connectivity index (χ0) is 12.6. The van der Waals surface area contributed by atoms with E-state index in [4.69, 9.17) is 0 Å². The average Bonchev–Trinajstić information content (AvgIpc) is 2.24. The minimum Gasteiger partial charge on any atom is -0.343 e. The lowest BCUT2D eigenvalue weighted by atomic mass is 10.1. The first-order valence-electron chi connectivity index (χ1n) is 5.36. The van der Waals surface area contributed by atoms with Gasteiger partial charge in [0, 0.05) is 4.47 Å². The maximum atomic E-state index is 12.0. The van der Waals surface area contributed by atoms with Gasteiger partial charge in [-0.1, -0.05) is 6.07 Å². The molecule has 90 valence electrons. The fourth-order valence-electron chi connectivity index (χ4n) is 1.84. The number of hydrogen-bond acceptors (Lipinski definition) is 2. The molecular weight excluding hydrogens is 284 g/mol. The number of benzene rings is 1. The smallest absolute Gasteiger partial charge is 0.249 e. The van der Waals surface area contributed by atoms with Gasteiger partial charge in [0.2, 0.25) is 11.8 Å². The van der Waals surface area contributed by atoms with Crippen molar-refractivity contribution in [3.8, 4) is 0 Å². The Hall–Kier alpha value is -1.36. The van der Waals surface area contributed by atoms with Gasteiger partial charge in [-0.25, -0.2) is 0 Å². The number of amides is 2. The van der Waals surface area contributed by atoms with Crippen LogP contribution in [0.25, 0.3) is 0 Å². The molecule has 1 saturated heterocycles. The first kappa shape index (κ1) is 12.1. The molecule has 1 fully saturated rings. The van der Waals surface area contributed by atoms with E-state index in [0.717, 1.165) is 15.7 Å². The van der Waals surface area contributed by atoms with Crippen molar-refractivity contribution in [3.63, 3.8) is 0 Å². The van der Waals surface area contributed by atoms with Gasteiger partial charge in [-0.3, -0.25) is 9.59 Å². The normalized spacial score (nSPS) is 20.4. The maximum absolute atomic E-state index is 12.0. The van der Waals surface area contributed by atoms with Gasteiger partial charge in [-0.15, -0.1) is 0 Å². The number of rotatable bonds is 1. The number of carbonyl (C=O) groups is 2. The van der Waals surface area contributed by atoms with E-state index >= 15 is 0 Å². The largest absolute Gasteiger partial charge is 0.343 e. The second-order valence-electron chi connectivity index (χ2n) is 4.17. The Morgan fingerprint density at radius 1 is 1.41 bits per heavy atom. The molecule has 0 radical (unpaired) electrons. The van der Waals surface area contributed by atoms with Crippen LogP contribution in [0.2, 0.25) is 0 Å². The number of nitrogens with zero attached hydrogens (tertiary/aromatic N) is 1. The molecule has 4 nitrogen and oxygen atoms in total. The lowest BCUT2D eigenvalue weighted by Crippen LogP contribution is -2.57. The summed E-state index contributed by atoms with van der Waals surface area (Å²) in [5, 5.41) is 2.61. The summed E-state index contributed by atoms with van der Waals surface area (Å²) in [6, 6.07) is 5.23. The Bertz CT molecular complexity index is 487. The Labute approximate surface area is 108 Å². The van der Waals surface area contributed by atoms with Crippen molar-refractivity contribution in [2.24, 2.45) is 0 Å². The predicted molar refractivity (Wildman–Crippen MR) is 68.8 cm³/mol. The van der Waals surface area contributed by atoms with Crippen LogP contribution in [0, 0.1) is 6.92 Å². The molecule has 0 spiro atoms. The monoisotopic (exact) mass is 296 g/mol. The van der Waals surface area contributed by atoms with Crippen molar-refractivity contribution < 1.29 is 9.59 Å². The average molecular weight is 297 g/mol. The quantitative estimate of drug-likeness (QED) is 0.856. The fraction of sp³-hybridized carbons (Fsp3) is 0.333. The third-order valence-corrected chi connectivity index (χ3v) is 3.34. The van der Waals surface area contributed by atoms with Crippen LogP contribution in [0.15, 0.2) is 22.7 Å². The Balaban J connectivity index is 2.38. The van der Waals surface area contributed by atoms with E-state index in [1.807, 2.05) is 25.1 Å². The number of nitrogens with one attached hydrogen (secondary N) is 1. The van der Waals surface area contributed by atoms with Gasteiger partial charge in [-0.05, 0) is 47.5 Å². The van der Waals surface area contributed by atoms with Gasteiger partial charge in [0.25, 0.3) is 0 Å². The molecular formula is C12H13BrN2O2. The van der Waals surface area contributed by atoms with E-state index in [2.05, 4.69) is 21.2 Å². The van der Waals surface area contributed by atoms with E-state index in [-0.39, 0.29) is 18.4 Å². The summed E-state index contributed by atoms with van der Waals surface area (Å²) in [6.07, 6.45) is 0. The molecule has 1 unspecified atom stereocenters. The Morgan fingerprint density at radius 3 is 2.76 bits per heavy atom. The van der Waals surface area contributed by atoms with Crippen LogP contribution in [0.5, 0.6) is 0 Å². The topological polar surface area (TPSA) is 49.4 Å². The molecule has 0 aromatic heterocycles. The second kappa shape index (κ2) is 4.49.